The number of aryl methyl sites for hydroxylation is 1. The largest absolute Gasteiger partial charge is 0.365 e. The Kier molecular flexibility index (Phi) is 4.15. The van der Waals surface area contributed by atoms with Gasteiger partial charge in [-0.25, -0.2) is 15.8 Å². The van der Waals surface area contributed by atoms with E-state index in [2.05, 4.69) is 42.7 Å². The van der Waals surface area contributed by atoms with Gasteiger partial charge in [-0.1, -0.05) is 0 Å². The summed E-state index contributed by atoms with van der Waals surface area (Å²) in [5, 5.41) is 3.30. The summed E-state index contributed by atoms with van der Waals surface area (Å²) < 4.78 is 1.12. The van der Waals surface area contributed by atoms with E-state index in [1.54, 1.807) is 11.3 Å². The third-order valence-electron chi connectivity index (χ3n) is 2.45. The van der Waals surface area contributed by atoms with Crippen LogP contribution in [0.2, 0.25) is 0 Å². The predicted molar refractivity (Wildman–Crippen MR) is 78.7 cm³/mol. The quantitative estimate of drug-likeness (QED) is 0.594. The fraction of sp³-hybridized carbons (Fsp3) is 0.273. The molecule has 96 valence electrons. The van der Waals surface area contributed by atoms with Gasteiger partial charge in [0.05, 0.1) is 10.3 Å². The van der Waals surface area contributed by atoms with Crippen LogP contribution in [0.1, 0.15) is 16.3 Å². The first kappa shape index (κ1) is 13.3. The van der Waals surface area contributed by atoms with Crippen molar-refractivity contribution in [1.82, 2.24) is 9.97 Å². The molecule has 2 aromatic rings. The number of nitrogens with one attached hydrogen (secondary N) is 2. The molecule has 18 heavy (non-hydrogen) atoms. The lowest BCUT2D eigenvalue weighted by Gasteiger charge is -2.11. The number of aromatic nitrogens is 2. The molecule has 7 heteroatoms. The number of nitrogens with two attached hydrogens (primary N) is 1. The van der Waals surface area contributed by atoms with E-state index < -0.39 is 0 Å². The lowest BCUT2D eigenvalue weighted by molar-refractivity contribution is 1.00. The minimum atomic E-state index is 0.650. The van der Waals surface area contributed by atoms with Crippen molar-refractivity contribution in [3.63, 3.8) is 0 Å². The summed E-state index contributed by atoms with van der Waals surface area (Å²) >= 11 is 5.14. The van der Waals surface area contributed by atoms with Gasteiger partial charge in [0.25, 0.3) is 0 Å². The summed E-state index contributed by atoms with van der Waals surface area (Å²) in [5.74, 6) is 7.57. The molecule has 0 fully saturated rings. The zero-order valence-electron chi connectivity index (χ0n) is 10.1. The molecule has 0 aliphatic carbocycles. The Labute approximate surface area is 118 Å². The van der Waals surface area contributed by atoms with Crippen LogP contribution in [-0.2, 0) is 6.54 Å². The number of anilines is 2. The standard InChI is InChI=1S/C11H14BrN5S/c1-6-10(15-7(2)16-11(6)17-13)14-5-8-3-4-9(12)18-8/h3-4H,5,13H2,1-2H3,(H2,14,15,16,17). The summed E-state index contributed by atoms with van der Waals surface area (Å²) in [6.07, 6.45) is 0. The molecule has 0 saturated carbocycles. The van der Waals surface area contributed by atoms with Gasteiger partial charge in [-0.3, -0.25) is 0 Å². The van der Waals surface area contributed by atoms with Crippen molar-refractivity contribution in [2.75, 3.05) is 10.7 Å². The first-order valence-electron chi connectivity index (χ1n) is 5.40. The van der Waals surface area contributed by atoms with Crippen LogP contribution >= 0.6 is 27.3 Å². The molecular formula is C11H14BrN5S. The van der Waals surface area contributed by atoms with Crippen molar-refractivity contribution in [2.24, 2.45) is 5.84 Å². The Morgan fingerprint density at radius 3 is 2.61 bits per heavy atom. The smallest absolute Gasteiger partial charge is 0.148 e. The van der Waals surface area contributed by atoms with Crippen molar-refractivity contribution in [3.05, 3.63) is 32.2 Å². The molecule has 0 amide bonds. The van der Waals surface area contributed by atoms with Crippen LogP contribution < -0.4 is 16.6 Å². The number of halogens is 1. The second-order valence-corrected chi connectivity index (χ2v) is 6.34. The minimum absolute atomic E-state index is 0.650. The molecule has 2 heterocycles. The highest BCUT2D eigenvalue weighted by Gasteiger charge is 2.08. The SMILES string of the molecule is Cc1nc(NN)c(C)c(NCc2ccc(Br)s2)n1. The highest BCUT2D eigenvalue weighted by Crippen LogP contribution is 2.24. The van der Waals surface area contributed by atoms with E-state index in [9.17, 15) is 0 Å². The summed E-state index contributed by atoms with van der Waals surface area (Å²) in [4.78, 5) is 9.83. The van der Waals surface area contributed by atoms with Crippen molar-refractivity contribution in [2.45, 2.75) is 20.4 Å². The molecule has 2 aromatic heterocycles. The number of hydrogen-bond acceptors (Lipinski definition) is 6. The second kappa shape index (κ2) is 5.64. The highest BCUT2D eigenvalue weighted by atomic mass is 79.9. The lowest BCUT2D eigenvalue weighted by Crippen LogP contribution is -2.13. The van der Waals surface area contributed by atoms with Gasteiger partial charge in [-0.05, 0) is 41.9 Å². The van der Waals surface area contributed by atoms with Gasteiger partial charge < -0.3 is 10.7 Å². The van der Waals surface area contributed by atoms with Gasteiger partial charge >= 0.3 is 0 Å². The van der Waals surface area contributed by atoms with Gasteiger partial charge in [0, 0.05) is 10.4 Å². The summed E-state index contributed by atoms with van der Waals surface area (Å²) in [6, 6.07) is 4.11. The highest BCUT2D eigenvalue weighted by molar-refractivity contribution is 9.11. The van der Waals surface area contributed by atoms with Crippen LogP contribution in [0.15, 0.2) is 15.9 Å². The Hall–Kier alpha value is -1.18. The third kappa shape index (κ3) is 2.98. The van der Waals surface area contributed by atoms with E-state index in [0.717, 1.165) is 21.7 Å². The molecule has 0 atom stereocenters. The number of hydrogen-bond donors (Lipinski definition) is 3. The maximum atomic E-state index is 5.43. The van der Waals surface area contributed by atoms with E-state index in [-0.39, 0.29) is 0 Å². The zero-order valence-corrected chi connectivity index (χ0v) is 12.5. The number of nitrogen functional groups attached to an aromatic ring is 1. The summed E-state index contributed by atoms with van der Waals surface area (Å²) in [7, 11) is 0. The van der Waals surface area contributed by atoms with Crippen LogP contribution in [-0.4, -0.2) is 9.97 Å². The summed E-state index contributed by atoms with van der Waals surface area (Å²) in [5.41, 5.74) is 3.50. The van der Waals surface area contributed by atoms with Gasteiger partial charge in [0.2, 0.25) is 0 Å². The first-order valence-corrected chi connectivity index (χ1v) is 7.01. The van der Waals surface area contributed by atoms with E-state index >= 15 is 0 Å². The molecule has 5 nitrogen and oxygen atoms in total. The van der Waals surface area contributed by atoms with E-state index in [1.807, 2.05) is 19.9 Å². The molecule has 0 unspecified atom stereocenters. The van der Waals surface area contributed by atoms with Crippen molar-refractivity contribution < 1.29 is 0 Å². The Balaban J connectivity index is 2.16. The zero-order chi connectivity index (χ0) is 13.1. The molecule has 0 radical (unpaired) electrons. The molecule has 0 aliphatic heterocycles. The third-order valence-corrected chi connectivity index (χ3v) is 4.08. The normalized spacial score (nSPS) is 10.4. The number of hydrazine groups is 1. The lowest BCUT2D eigenvalue weighted by atomic mass is 10.3. The molecular weight excluding hydrogens is 314 g/mol. The van der Waals surface area contributed by atoms with E-state index in [0.29, 0.717) is 11.6 Å². The molecule has 0 aliphatic rings. The van der Waals surface area contributed by atoms with Gasteiger partial charge in [0.1, 0.15) is 17.5 Å². The molecule has 0 bridgehead atoms. The van der Waals surface area contributed by atoms with Crippen LogP contribution in [0.25, 0.3) is 0 Å². The number of rotatable bonds is 4. The maximum absolute atomic E-state index is 5.43. The Morgan fingerprint density at radius 2 is 2.00 bits per heavy atom. The first-order chi connectivity index (χ1) is 8.60. The van der Waals surface area contributed by atoms with Gasteiger partial charge in [-0.2, -0.15) is 0 Å². The van der Waals surface area contributed by atoms with Crippen molar-refractivity contribution >= 4 is 38.9 Å². The van der Waals surface area contributed by atoms with Gasteiger partial charge in [0.15, 0.2) is 0 Å². The fourth-order valence-corrected chi connectivity index (χ4v) is 2.98. The fourth-order valence-electron chi connectivity index (χ4n) is 1.56. The average molecular weight is 328 g/mol. The van der Waals surface area contributed by atoms with Crippen molar-refractivity contribution in [3.8, 4) is 0 Å². The number of thiophene rings is 1. The minimum Gasteiger partial charge on any atom is -0.365 e. The molecule has 0 saturated heterocycles. The molecule has 2 rings (SSSR count). The van der Waals surface area contributed by atoms with Crippen LogP contribution in [0.3, 0.4) is 0 Å². The van der Waals surface area contributed by atoms with E-state index in [1.165, 1.54) is 4.88 Å². The second-order valence-electron chi connectivity index (χ2n) is 3.80. The average Bonchev–Trinajstić information content (AvgIpc) is 2.75. The maximum Gasteiger partial charge on any atom is 0.148 e. The van der Waals surface area contributed by atoms with Crippen LogP contribution in [0, 0.1) is 13.8 Å². The molecule has 4 N–H and O–H groups in total. The van der Waals surface area contributed by atoms with Crippen LogP contribution in [0.5, 0.6) is 0 Å². The topological polar surface area (TPSA) is 75.9 Å². The molecule has 0 aromatic carbocycles. The molecule has 0 spiro atoms. The Bertz CT molecular complexity index is 554. The van der Waals surface area contributed by atoms with Crippen LogP contribution in [0.4, 0.5) is 11.6 Å². The van der Waals surface area contributed by atoms with Crippen molar-refractivity contribution in [1.29, 1.82) is 0 Å². The summed E-state index contributed by atoms with van der Waals surface area (Å²) in [6.45, 7) is 4.51. The Morgan fingerprint density at radius 1 is 1.28 bits per heavy atom. The predicted octanol–water partition coefficient (Wildman–Crippen LogP) is 2.82. The number of nitrogens with zero attached hydrogens (tertiary/aromatic N) is 2. The van der Waals surface area contributed by atoms with E-state index in [4.69, 9.17) is 5.84 Å². The monoisotopic (exact) mass is 327 g/mol. The van der Waals surface area contributed by atoms with Gasteiger partial charge in [-0.15, -0.1) is 11.3 Å².